The monoisotopic (exact) mass is 209 g/mol. The van der Waals surface area contributed by atoms with Gasteiger partial charge in [-0.25, -0.2) is 4.98 Å². The van der Waals surface area contributed by atoms with Crippen LogP contribution in [0, 0.1) is 0 Å². The Labute approximate surface area is 88.4 Å². The van der Waals surface area contributed by atoms with Crippen molar-refractivity contribution in [2.45, 2.75) is 26.4 Å². The molecule has 0 fully saturated rings. The maximum absolute atomic E-state index is 10.9. The van der Waals surface area contributed by atoms with Gasteiger partial charge >= 0.3 is 0 Å². The van der Waals surface area contributed by atoms with E-state index in [1.807, 2.05) is 20.8 Å². The Balaban J connectivity index is 3.06. The summed E-state index contributed by atoms with van der Waals surface area (Å²) in [5, 5.41) is 0. The first kappa shape index (κ1) is 11.3. The predicted molar refractivity (Wildman–Crippen MR) is 57.5 cm³/mol. The number of anilines is 1. The normalized spacial score (nSPS) is 11.1. The van der Waals surface area contributed by atoms with Crippen LogP contribution in [0.5, 0.6) is 5.88 Å². The molecule has 0 bridgehead atoms. The molecule has 0 aliphatic rings. The fourth-order valence-corrected chi connectivity index (χ4v) is 0.960. The highest BCUT2D eigenvalue weighted by atomic mass is 16.5. The van der Waals surface area contributed by atoms with Gasteiger partial charge in [-0.15, -0.1) is 0 Å². The number of hydrogen-bond donors (Lipinski definition) is 2. The molecular formula is C10H15N3O2. The van der Waals surface area contributed by atoms with Crippen molar-refractivity contribution in [3.63, 3.8) is 0 Å². The van der Waals surface area contributed by atoms with Crippen LogP contribution in [0.3, 0.4) is 0 Å². The number of primary amides is 1. The molecule has 1 amide bonds. The first-order chi connectivity index (χ1) is 6.79. The van der Waals surface area contributed by atoms with Crippen molar-refractivity contribution in [1.82, 2.24) is 4.98 Å². The average molecular weight is 209 g/mol. The van der Waals surface area contributed by atoms with Crippen LogP contribution in [0.15, 0.2) is 12.1 Å². The van der Waals surface area contributed by atoms with Gasteiger partial charge in [-0.1, -0.05) is 0 Å². The molecule has 1 rings (SSSR count). The van der Waals surface area contributed by atoms with E-state index < -0.39 is 11.5 Å². The van der Waals surface area contributed by atoms with Gasteiger partial charge in [0.1, 0.15) is 11.3 Å². The van der Waals surface area contributed by atoms with Crippen molar-refractivity contribution in [2.24, 2.45) is 5.73 Å². The molecule has 0 saturated heterocycles. The Morgan fingerprint density at radius 2 is 2.00 bits per heavy atom. The third-order valence-corrected chi connectivity index (χ3v) is 1.55. The van der Waals surface area contributed by atoms with Gasteiger partial charge < -0.3 is 16.2 Å². The topological polar surface area (TPSA) is 91.2 Å². The third kappa shape index (κ3) is 3.12. The Morgan fingerprint density at radius 3 is 2.47 bits per heavy atom. The van der Waals surface area contributed by atoms with Crippen LogP contribution >= 0.6 is 0 Å². The van der Waals surface area contributed by atoms with E-state index in [-0.39, 0.29) is 11.6 Å². The number of rotatable bonds is 2. The molecule has 15 heavy (non-hydrogen) atoms. The van der Waals surface area contributed by atoms with Gasteiger partial charge in [0.2, 0.25) is 5.88 Å². The van der Waals surface area contributed by atoms with Gasteiger partial charge in [0.15, 0.2) is 0 Å². The zero-order valence-electron chi connectivity index (χ0n) is 9.07. The summed E-state index contributed by atoms with van der Waals surface area (Å²) >= 11 is 0. The molecule has 0 unspecified atom stereocenters. The molecule has 5 nitrogen and oxygen atoms in total. The minimum Gasteiger partial charge on any atom is -0.470 e. The standard InChI is InChI=1S/C10H15N3O2/c1-10(2,3)15-9-6(11)4-5-7(13-9)8(12)14/h4-5H,11H2,1-3H3,(H2,12,14). The third-order valence-electron chi connectivity index (χ3n) is 1.55. The smallest absolute Gasteiger partial charge is 0.267 e. The van der Waals surface area contributed by atoms with Crippen LogP contribution in [0.25, 0.3) is 0 Å². The van der Waals surface area contributed by atoms with Gasteiger partial charge in [-0.2, -0.15) is 0 Å². The zero-order chi connectivity index (χ0) is 11.6. The number of nitrogens with zero attached hydrogens (tertiary/aromatic N) is 1. The zero-order valence-corrected chi connectivity index (χ0v) is 9.07. The van der Waals surface area contributed by atoms with E-state index in [4.69, 9.17) is 16.2 Å². The molecule has 4 N–H and O–H groups in total. The van der Waals surface area contributed by atoms with Crippen LogP contribution < -0.4 is 16.2 Å². The Bertz CT molecular complexity index is 383. The molecule has 1 heterocycles. The van der Waals surface area contributed by atoms with Crippen molar-refractivity contribution < 1.29 is 9.53 Å². The fourth-order valence-electron chi connectivity index (χ4n) is 0.960. The quantitative estimate of drug-likeness (QED) is 0.758. The maximum atomic E-state index is 10.9. The Hall–Kier alpha value is -1.78. The lowest BCUT2D eigenvalue weighted by Gasteiger charge is -2.21. The van der Waals surface area contributed by atoms with Crippen molar-refractivity contribution in [3.8, 4) is 5.88 Å². The van der Waals surface area contributed by atoms with Crippen molar-refractivity contribution in [3.05, 3.63) is 17.8 Å². The first-order valence-corrected chi connectivity index (χ1v) is 4.55. The highest BCUT2D eigenvalue weighted by Crippen LogP contribution is 2.22. The molecule has 0 atom stereocenters. The summed E-state index contributed by atoms with van der Waals surface area (Å²) in [5.41, 5.74) is 10.9. The second kappa shape index (κ2) is 3.76. The average Bonchev–Trinajstić information content (AvgIpc) is 2.06. The van der Waals surface area contributed by atoms with Crippen LogP contribution in [0.1, 0.15) is 31.3 Å². The number of pyridine rings is 1. The molecule has 0 saturated carbocycles. The van der Waals surface area contributed by atoms with Crippen LogP contribution in [-0.4, -0.2) is 16.5 Å². The number of nitrogen functional groups attached to an aromatic ring is 1. The highest BCUT2D eigenvalue weighted by Gasteiger charge is 2.16. The molecule has 5 heteroatoms. The van der Waals surface area contributed by atoms with Gasteiger partial charge in [-0.3, -0.25) is 4.79 Å². The van der Waals surface area contributed by atoms with Gasteiger partial charge in [0.25, 0.3) is 5.91 Å². The number of carbonyl (C=O) groups is 1. The number of amides is 1. The van der Waals surface area contributed by atoms with Crippen molar-refractivity contribution in [1.29, 1.82) is 0 Å². The highest BCUT2D eigenvalue weighted by molar-refractivity contribution is 5.91. The lowest BCUT2D eigenvalue weighted by Crippen LogP contribution is -2.25. The molecule has 0 aliphatic heterocycles. The summed E-state index contributed by atoms with van der Waals surface area (Å²) in [6, 6.07) is 3.02. The molecule has 0 aromatic carbocycles. The van der Waals surface area contributed by atoms with E-state index >= 15 is 0 Å². The molecular weight excluding hydrogens is 194 g/mol. The number of aromatic nitrogens is 1. The fraction of sp³-hybridized carbons (Fsp3) is 0.400. The second-order valence-corrected chi connectivity index (χ2v) is 4.17. The summed E-state index contributed by atoms with van der Waals surface area (Å²) in [7, 11) is 0. The van der Waals surface area contributed by atoms with Crippen LogP contribution in [0.4, 0.5) is 5.69 Å². The SMILES string of the molecule is CC(C)(C)Oc1nc(C(N)=O)ccc1N. The number of carbonyl (C=O) groups excluding carboxylic acids is 1. The summed E-state index contributed by atoms with van der Waals surface area (Å²) in [4.78, 5) is 14.8. The molecule has 82 valence electrons. The summed E-state index contributed by atoms with van der Waals surface area (Å²) in [5.74, 6) is -0.368. The number of hydrogen-bond acceptors (Lipinski definition) is 4. The van der Waals surface area contributed by atoms with E-state index in [1.165, 1.54) is 6.07 Å². The van der Waals surface area contributed by atoms with E-state index in [9.17, 15) is 4.79 Å². The molecule has 0 aliphatic carbocycles. The largest absolute Gasteiger partial charge is 0.470 e. The summed E-state index contributed by atoms with van der Waals surface area (Å²) < 4.78 is 5.48. The second-order valence-electron chi connectivity index (χ2n) is 4.17. The van der Waals surface area contributed by atoms with Crippen molar-refractivity contribution in [2.75, 3.05) is 5.73 Å². The molecule has 0 radical (unpaired) electrons. The summed E-state index contributed by atoms with van der Waals surface area (Å²) in [6.07, 6.45) is 0. The lowest BCUT2D eigenvalue weighted by molar-refractivity contribution is 0.0986. The number of nitrogens with two attached hydrogens (primary N) is 2. The van der Waals surface area contributed by atoms with Gasteiger partial charge in [-0.05, 0) is 32.9 Å². The van der Waals surface area contributed by atoms with E-state index in [2.05, 4.69) is 4.98 Å². The van der Waals surface area contributed by atoms with E-state index in [0.29, 0.717) is 5.69 Å². The van der Waals surface area contributed by atoms with E-state index in [0.717, 1.165) is 0 Å². The molecule has 1 aromatic rings. The minimum atomic E-state index is -0.603. The predicted octanol–water partition coefficient (Wildman–Crippen LogP) is 0.940. The van der Waals surface area contributed by atoms with Crippen molar-refractivity contribution >= 4 is 11.6 Å². The van der Waals surface area contributed by atoms with Gasteiger partial charge in [0.05, 0.1) is 5.69 Å². The maximum Gasteiger partial charge on any atom is 0.267 e. The van der Waals surface area contributed by atoms with Crippen LogP contribution in [-0.2, 0) is 0 Å². The Morgan fingerprint density at radius 1 is 1.40 bits per heavy atom. The molecule has 0 spiro atoms. The Kier molecular flexibility index (Phi) is 2.83. The van der Waals surface area contributed by atoms with Gasteiger partial charge in [0, 0.05) is 0 Å². The lowest BCUT2D eigenvalue weighted by atomic mass is 10.2. The first-order valence-electron chi connectivity index (χ1n) is 4.55. The number of ether oxygens (including phenoxy) is 1. The van der Waals surface area contributed by atoms with E-state index in [1.54, 1.807) is 6.07 Å². The summed E-state index contributed by atoms with van der Waals surface area (Å²) in [6.45, 7) is 5.60. The molecule has 1 aromatic heterocycles. The minimum absolute atomic E-state index is 0.142. The van der Waals surface area contributed by atoms with Crippen LogP contribution in [0.2, 0.25) is 0 Å².